The van der Waals surface area contributed by atoms with Gasteiger partial charge in [-0.2, -0.15) is 13.2 Å². The highest BCUT2D eigenvalue weighted by atomic mass is 19.4. The van der Waals surface area contributed by atoms with Gasteiger partial charge in [-0.15, -0.1) is 0 Å². The highest BCUT2D eigenvalue weighted by Gasteiger charge is 2.31. The number of halogens is 3. The molecule has 0 amide bonds. The van der Waals surface area contributed by atoms with E-state index in [2.05, 4.69) is 4.90 Å². The minimum atomic E-state index is -4.31. The first kappa shape index (κ1) is 18.6. The molecule has 2 rings (SSSR count). The van der Waals surface area contributed by atoms with Crippen LogP contribution in [0.5, 0.6) is 0 Å². The molecule has 1 aromatic rings. The Morgan fingerprint density at radius 1 is 1.08 bits per heavy atom. The number of hydrogen-bond acceptors (Lipinski definition) is 3. The van der Waals surface area contributed by atoms with E-state index in [1.165, 1.54) is 12.1 Å². The Morgan fingerprint density at radius 3 is 2.42 bits per heavy atom. The van der Waals surface area contributed by atoms with Crippen molar-refractivity contribution in [3.05, 3.63) is 29.8 Å². The third-order valence-electron chi connectivity index (χ3n) is 4.28. The molecule has 1 fully saturated rings. The molecule has 7 heteroatoms. The molecule has 1 N–H and O–H groups in total. The van der Waals surface area contributed by atoms with Gasteiger partial charge < -0.3 is 10.0 Å². The number of piperazine rings is 1. The first-order chi connectivity index (χ1) is 11.4. The number of unbranched alkanes of at least 4 members (excludes halogenated alkanes) is 2. The Labute approximate surface area is 139 Å². The van der Waals surface area contributed by atoms with Gasteiger partial charge in [-0.1, -0.05) is 12.5 Å². The Morgan fingerprint density at radius 2 is 1.79 bits per heavy atom. The molecule has 1 heterocycles. The van der Waals surface area contributed by atoms with Crippen molar-refractivity contribution < 1.29 is 23.1 Å². The highest BCUT2D eigenvalue weighted by molar-refractivity contribution is 5.66. The smallest absolute Gasteiger partial charge is 0.416 e. The minimum Gasteiger partial charge on any atom is -0.481 e. The zero-order chi connectivity index (χ0) is 17.6. The van der Waals surface area contributed by atoms with Gasteiger partial charge in [0.05, 0.1) is 5.56 Å². The predicted octanol–water partition coefficient (Wildman–Crippen LogP) is 3.47. The van der Waals surface area contributed by atoms with Crippen molar-refractivity contribution in [1.82, 2.24) is 4.90 Å². The van der Waals surface area contributed by atoms with Gasteiger partial charge in [0.25, 0.3) is 0 Å². The zero-order valence-electron chi connectivity index (χ0n) is 13.6. The largest absolute Gasteiger partial charge is 0.481 e. The van der Waals surface area contributed by atoms with Crippen molar-refractivity contribution in [2.75, 3.05) is 37.6 Å². The molecule has 4 nitrogen and oxygen atoms in total. The molecule has 1 aromatic carbocycles. The summed E-state index contributed by atoms with van der Waals surface area (Å²) in [5, 5.41) is 8.58. The van der Waals surface area contributed by atoms with E-state index in [0.29, 0.717) is 25.2 Å². The lowest BCUT2D eigenvalue weighted by molar-refractivity contribution is -0.138. The van der Waals surface area contributed by atoms with Crippen LogP contribution >= 0.6 is 0 Å². The van der Waals surface area contributed by atoms with Gasteiger partial charge in [-0.25, -0.2) is 0 Å². The summed E-state index contributed by atoms with van der Waals surface area (Å²) in [5.41, 5.74) is 0.00629. The molecule has 1 aliphatic heterocycles. The quantitative estimate of drug-likeness (QED) is 0.769. The van der Waals surface area contributed by atoms with Crippen LogP contribution in [0.2, 0.25) is 0 Å². The van der Waals surface area contributed by atoms with Crippen molar-refractivity contribution >= 4 is 11.7 Å². The fourth-order valence-corrected chi connectivity index (χ4v) is 2.90. The summed E-state index contributed by atoms with van der Waals surface area (Å²) in [4.78, 5) is 14.7. The molecular weight excluding hydrogens is 321 g/mol. The molecule has 0 saturated carbocycles. The summed E-state index contributed by atoms with van der Waals surface area (Å²) in [6.07, 6.45) is -1.56. The van der Waals surface area contributed by atoms with E-state index in [0.717, 1.165) is 38.5 Å². The third kappa shape index (κ3) is 5.70. The number of aliphatic carboxylic acids is 1. The molecule has 0 atom stereocenters. The second-order valence-corrected chi connectivity index (χ2v) is 6.08. The Kier molecular flexibility index (Phi) is 6.48. The molecule has 1 aliphatic rings. The second-order valence-electron chi connectivity index (χ2n) is 6.08. The number of rotatable bonds is 7. The van der Waals surface area contributed by atoms with Crippen LogP contribution in [0.15, 0.2) is 24.3 Å². The third-order valence-corrected chi connectivity index (χ3v) is 4.28. The van der Waals surface area contributed by atoms with Crippen molar-refractivity contribution in [2.45, 2.75) is 31.9 Å². The average molecular weight is 344 g/mol. The summed E-state index contributed by atoms with van der Waals surface area (Å²) in [6.45, 7) is 3.95. The number of carboxylic acids is 1. The van der Waals surface area contributed by atoms with Crippen molar-refractivity contribution in [3.63, 3.8) is 0 Å². The van der Waals surface area contributed by atoms with Crippen molar-refractivity contribution in [2.24, 2.45) is 0 Å². The molecular formula is C17H23F3N2O2. The van der Waals surface area contributed by atoms with Gasteiger partial charge in [0.15, 0.2) is 0 Å². The van der Waals surface area contributed by atoms with Gasteiger partial charge in [0.2, 0.25) is 0 Å². The number of carbonyl (C=O) groups is 1. The van der Waals surface area contributed by atoms with Crippen LogP contribution in [-0.4, -0.2) is 48.7 Å². The lowest BCUT2D eigenvalue weighted by atomic mass is 10.1. The number of hydrogen-bond donors (Lipinski definition) is 1. The number of nitrogens with zero attached hydrogens (tertiary/aromatic N) is 2. The van der Waals surface area contributed by atoms with E-state index in [4.69, 9.17) is 5.11 Å². The molecule has 0 aromatic heterocycles. The van der Waals surface area contributed by atoms with Crippen LogP contribution in [0.4, 0.5) is 18.9 Å². The molecule has 134 valence electrons. The van der Waals surface area contributed by atoms with E-state index >= 15 is 0 Å². The maximum Gasteiger partial charge on any atom is 0.416 e. The van der Waals surface area contributed by atoms with E-state index in [1.807, 2.05) is 4.90 Å². The Balaban J connectivity index is 1.76. The topological polar surface area (TPSA) is 43.8 Å². The number of anilines is 1. The van der Waals surface area contributed by atoms with Crippen LogP contribution in [0.3, 0.4) is 0 Å². The summed E-state index contributed by atoms with van der Waals surface area (Å²) in [7, 11) is 0. The van der Waals surface area contributed by atoms with E-state index in [1.54, 1.807) is 6.07 Å². The van der Waals surface area contributed by atoms with Crippen molar-refractivity contribution in [1.29, 1.82) is 0 Å². The van der Waals surface area contributed by atoms with Crippen molar-refractivity contribution in [3.8, 4) is 0 Å². The monoisotopic (exact) mass is 344 g/mol. The highest BCUT2D eigenvalue weighted by Crippen LogP contribution is 2.31. The first-order valence-electron chi connectivity index (χ1n) is 8.22. The van der Waals surface area contributed by atoms with E-state index < -0.39 is 17.7 Å². The van der Waals surface area contributed by atoms with Crippen LogP contribution in [0.1, 0.15) is 31.2 Å². The van der Waals surface area contributed by atoms with Gasteiger partial charge in [0.1, 0.15) is 0 Å². The number of benzene rings is 1. The van der Waals surface area contributed by atoms with Gasteiger partial charge in [-0.05, 0) is 37.6 Å². The standard InChI is InChI=1S/C17H23F3N2O2/c18-17(19,20)14-5-4-6-15(13-14)22-11-9-21(10-12-22)8-3-1-2-7-16(23)24/h4-6,13H,1-3,7-12H2,(H,23,24). The maximum atomic E-state index is 12.8. The van der Waals surface area contributed by atoms with Crippen LogP contribution in [0.25, 0.3) is 0 Å². The summed E-state index contributed by atoms with van der Waals surface area (Å²) >= 11 is 0. The molecule has 0 spiro atoms. The summed E-state index contributed by atoms with van der Waals surface area (Å²) in [5.74, 6) is -0.760. The van der Waals surface area contributed by atoms with Crippen LogP contribution in [0, 0.1) is 0 Å². The average Bonchev–Trinajstić information content (AvgIpc) is 2.54. The molecule has 0 bridgehead atoms. The molecule has 0 unspecified atom stereocenters. The fourth-order valence-electron chi connectivity index (χ4n) is 2.90. The maximum absolute atomic E-state index is 12.8. The molecule has 0 radical (unpaired) electrons. The Hall–Kier alpha value is -1.76. The second kappa shape index (κ2) is 8.37. The van der Waals surface area contributed by atoms with Gasteiger partial charge in [-0.3, -0.25) is 9.69 Å². The lowest BCUT2D eigenvalue weighted by Crippen LogP contribution is -2.46. The summed E-state index contributed by atoms with van der Waals surface area (Å²) < 4.78 is 38.4. The minimum absolute atomic E-state index is 0.212. The predicted molar refractivity (Wildman–Crippen MR) is 86.2 cm³/mol. The number of alkyl halides is 3. The molecule has 24 heavy (non-hydrogen) atoms. The van der Waals surface area contributed by atoms with Crippen LogP contribution in [-0.2, 0) is 11.0 Å². The first-order valence-corrected chi connectivity index (χ1v) is 8.22. The fraction of sp³-hybridized carbons (Fsp3) is 0.588. The molecule has 1 saturated heterocycles. The zero-order valence-corrected chi connectivity index (χ0v) is 13.6. The lowest BCUT2D eigenvalue weighted by Gasteiger charge is -2.36. The number of carboxylic acid groups (broad SMARTS) is 1. The van der Waals surface area contributed by atoms with E-state index in [9.17, 15) is 18.0 Å². The Bertz CT molecular complexity index is 541. The van der Waals surface area contributed by atoms with Gasteiger partial charge in [0, 0.05) is 38.3 Å². The van der Waals surface area contributed by atoms with Crippen LogP contribution < -0.4 is 4.90 Å². The molecule has 0 aliphatic carbocycles. The van der Waals surface area contributed by atoms with Gasteiger partial charge >= 0.3 is 12.1 Å². The SMILES string of the molecule is O=C(O)CCCCCN1CCN(c2cccc(C(F)(F)F)c2)CC1. The van der Waals surface area contributed by atoms with E-state index in [-0.39, 0.29) is 6.42 Å². The normalized spacial score (nSPS) is 16.4. The summed E-state index contributed by atoms with van der Waals surface area (Å²) in [6, 6.07) is 5.47.